The van der Waals surface area contributed by atoms with Gasteiger partial charge in [-0.3, -0.25) is 4.79 Å². The molecule has 1 aliphatic rings. The molecule has 0 saturated carbocycles. The lowest BCUT2D eigenvalue weighted by Gasteiger charge is -2.22. The van der Waals surface area contributed by atoms with Crippen molar-refractivity contribution in [2.45, 2.75) is 12.6 Å². The van der Waals surface area contributed by atoms with Gasteiger partial charge in [0.15, 0.2) is 0 Å². The molecule has 0 bridgehead atoms. The molecule has 0 atom stereocenters. The Labute approximate surface area is 175 Å². The van der Waals surface area contributed by atoms with Crippen LogP contribution in [0.1, 0.15) is 21.7 Å². The van der Waals surface area contributed by atoms with Crippen molar-refractivity contribution in [2.75, 3.05) is 31.1 Å². The first-order valence-corrected chi connectivity index (χ1v) is 10.3. The van der Waals surface area contributed by atoms with Gasteiger partial charge in [-0.15, -0.1) is 11.3 Å². The molecular formula is C21H19F3N4OS. The Morgan fingerprint density at radius 1 is 0.933 bits per heavy atom. The van der Waals surface area contributed by atoms with Crippen LogP contribution < -0.4 is 4.90 Å². The lowest BCUT2D eigenvalue weighted by atomic mass is 10.2. The van der Waals surface area contributed by atoms with Crippen molar-refractivity contribution in [3.63, 3.8) is 0 Å². The molecule has 1 fully saturated rings. The van der Waals surface area contributed by atoms with Gasteiger partial charge in [0.05, 0.1) is 11.8 Å². The van der Waals surface area contributed by atoms with Crippen LogP contribution in [0, 0.1) is 0 Å². The van der Waals surface area contributed by atoms with E-state index in [0.29, 0.717) is 43.3 Å². The third-order valence-corrected chi connectivity index (χ3v) is 5.95. The molecule has 4 rings (SSSR count). The van der Waals surface area contributed by atoms with E-state index < -0.39 is 11.7 Å². The average Bonchev–Trinajstić information content (AvgIpc) is 3.11. The summed E-state index contributed by atoms with van der Waals surface area (Å²) >= 11 is 1.36. The fourth-order valence-electron chi connectivity index (χ4n) is 3.33. The Hall–Kier alpha value is -2.94. The van der Waals surface area contributed by atoms with Crippen LogP contribution in [0.2, 0.25) is 0 Å². The number of halogens is 3. The normalized spacial score (nSPS) is 15.2. The highest BCUT2D eigenvalue weighted by Gasteiger charge is 2.31. The van der Waals surface area contributed by atoms with Crippen LogP contribution in [0.3, 0.4) is 0 Å². The SMILES string of the molecule is O=C(c1cnc(-c2ccccc2)s1)N1CCCN(c2ccc(C(F)(F)F)cn2)CC1. The number of alkyl halides is 3. The maximum absolute atomic E-state index is 12.9. The van der Waals surface area contributed by atoms with Crippen LogP contribution in [0.25, 0.3) is 10.6 Å². The molecule has 1 aromatic carbocycles. The number of hydrogen-bond acceptors (Lipinski definition) is 5. The molecule has 1 saturated heterocycles. The molecule has 0 unspecified atom stereocenters. The Balaban J connectivity index is 1.42. The average molecular weight is 432 g/mol. The smallest absolute Gasteiger partial charge is 0.355 e. The second kappa shape index (κ2) is 8.43. The maximum Gasteiger partial charge on any atom is 0.417 e. The highest BCUT2D eigenvalue weighted by Crippen LogP contribution is 2.30. The van der Waals surface area contributed by atoms with Gasteiger partial charge in [0.25, 0.3) is 5.91 Å². The van der Waals surface area contributed by atoms with Gasteiger partial charge in [0.1, 0.15) is 15.7 Å². The second-order valence-corrected chi connectivity index (χ2v) is 7.96. The molecule has 156 valence electrons. The first-order valence-electron chi connectivity index (χ1n) is 9.50. The summed E-state index contributed by atoms with van der Waals surface area (Å²) < 4.78 is 38.2. The zero-order valence-corrected chi connectivity index (χ0v) is 16.8. The molecule has 0 radical (unpaired) electrons. The monoisotopic (exact) mass is 432 g/mol. The number of anilines is 1. The predicted octanol–water partition coefficient (Wildman–Crippen LogP) is 4.58. The highest BCUT2D eigenvalue weighted by atomic mass is 32.1. The standard InChI is InChI=1S/C21H19F3N4OS/c22-21(23,24)16-7-8-18(25-13-16)27-9-4-10-28(12-11-27)20(29)17-14-26-19(30-17)15-5-2-1-3-6-15/h1-3,5-8,13-14H,4,9-12H2. The van der Waals surface area contributed by atoms with E-state index in [4.69, 9.17) is 0 Å². The van der Waals surface area contributed by atoms with Crippen molar-refractivity contribution >= 4 is 23.1 Å². The molecule has 1 amide bonds. The summed E-state index contributed by atoms with van der Waals surface area (Å²) in [5, 5.41) is 0.796. The quantitative estimate of drug-likeness (QED) is 0.608. The Bertz CT molecular complexity index is 1010. The molecule has 30 heavy (non-hydrogen) atoms. The summed E-state index contributed by atoms with van der Waals surface area (Å²) in [6.07, 6.45) is -1.24. The van der Waals surface area contributed by atoms with Crippen molar-refractivity contribution in [1.82, 2.24) is 14.9 Å². The number of hydrogen-bond donors (Lipinski definition) is 0. The molecular weight excluding hydrogens is 413 g/mol. The summed E-state index contributed by atoms with van der Waals surface area (Å²) in [4.78, 5) is 25.5. The number of amides is 1. The van der Waals surface area contributed by atoms with E-state index in [0.717, 1.165) is 22.8 Å². The summed E-state index contributed by atoms with van der Waals surface area (Å²) in [6, 6.07) is 12.1. The lowest BCUT2D eigenvalue weighted by molar-refractivity contribution is -0.137. The van der Waals surface area contributed by atoms with Crippen LogP contribution >= 0.6 is 11.3 Å². The van der Waals surface area contributed by atoms with Crippen molar-refractivity contribution in [1.29, 1.82) is 0 Å². The van der Waals surface area contributed by atoms with Gasteiger partial charge in [-0.2, -0.15) is 13.2 Å². The van der Waals surface area contributed by atoms with E-state index >= 15 is 0 Å². The van der Waals surface area contributed by atoms with E-state index in [1.54, 1.807) is 11.1 Å². The fourth-order valence-corrected chi connectivity index (χ4v) is 4.22. The van der Waals surface area contributed by atoms with Crippen LogP contribution in [0.5, 0.6) is 0 Å². The van der Waals surface area contributed by atoms with Crippen LogP contribution in [0.15, 0.2) is 54.9 Å². The zero-order chi connectivity index (χ0) is 21.1. The van der Waals surface area contributed by atoms with Gasteiger partial charge in [-0.05, 0) is 18.6 Å². The predicted molar refractivity (Wildman–Crippen MR) is 110 cm³/mol. The van der Waals surface area contributed by atoms with E-state index in [2.05, 4.69) is 9.97 Å². The summed E-state index contributed by atoms with van der Waals surface area (Å²) in [6.45, 7) is 2.18. The largest absolute Gasteiger partial charge is 0.417 e. The van der Waals surface area contributed by atoms with Crippen LogP contribution in [-0.2, 0) is 6.18 Å². The summed E-state index contributed by atoms with van der Waals surface area (Å²) in [5.74, 6) is 0.415. The number of pyridine rings is 1. The lowest BCUT2D eigenvalue weighted by Crippen LogP contribution is -2.35. The van der Waals surface area contributed by atoms with Gasteiger partial charge < -0.3 is 9.80 Å². The molecule has 0 aliphatic carbocycles. The molecule has 0 spiro atoms. The number of nitrogens with zero attached hydrogens (tertiary/aromatic N) is 4. The number of carbonyl (C=O) groups excluding carboxylic acids is 1. The van der Waals surface area contributed by atoms with Gasteiger partial charge in [0.2, 0.25) is 0 Å². The molecule has 3 heterocycles. The van der Waals surface area contributed by atoms with Gasteiger partial charge in [0, 0.05) is 37.9 Å². The molecule has 5 nitrogen and oxygen atoms in total. The molecule has 0 N–H and O–H groups in total. The van der Waals surface area contributed by atoms with E-state index in [-0.39, 0.29) is 5.91 Å². The topological polar surface area (TPSA) is 49.3 Å². The maximum atomic E-state index is 12.9. The Morgan fingerprint density at radius 3 is 2.43 bits per heavy atom. The van der Waals surface area contributed by atoms with Gasteiger partial charge in [-0.1, -0.05) is 30.3 Å². The van der Waals surface area contributed by atoms with Crippen LogP contribution in [0.4, 0.5) is 19.0 Å². The number of aromatic nitrogens is 2. The van der Waals surface area contributed by atoms with E-state index in [1.807, 2.05) is 35.2 Å². The minimum atomic E-state index is -4.40. The van der Waals surface area contributed by atoms with Crippen molar-refractivity contribution < 1.29 is 18.0 Å². The number of thiazole rings is 1. The number of benzene rings is 1. The zero-order valence-electron chi connectivity index (χ0n) is 16.0. The van der Waals surface area contributed by atoms with Gasteiger partial charge in [-0.25, -0.2) is 9.97 Å². The van der Waals surface area contributed by atoms with E-state index in [1.165, 1.54) is 17.4 Å². The first kappa shape index (κ1) is 20.3. The fraction of sp³-hybridized carbons (Fsp3) is 0.286. The summed E-state index contributed by atoms with van der Waals surface area (Å²) in [7, 11) is 0. The molecule has 9 heteroatoms. The Kier molecular flexibility index (Phi) is 5.72. The minimum absolute atomic E-state index is 0.0723. The highest BCUT2D eigenvalue weighted by molar-refractivity contribution is 7.16. The minimum Gasteiger partial charge on any atom is -0.355 e. The third-order valence-electron chi connectivity index (χ3n) is 4.92. The number of carbonyl (C=O) groups is 1. The van der Waals surface area contributed by atoms with Crippen molar-refractivity contribution in [2.24, 2.45) is 0 Å². The number of rotatable bonds is 3. The second-order valence-electron chi connectivity index (χ2n) is 6.93. The molecule has 2 aromatic heterocycles. The Morgan fingerprint density at radius 2 is 1.73 bits per heavy atom. The molecule has 3 aromatic rings. The molecule has 1 aliphatic heterocycles. The van der Waals surface area contributed by atoms with Crippen molar-refractivity contribution in [3.8, 4) is 10.6 Å². The third kappa shape index (κ3) is 4.46. The first-order chi connectivity index (χ1) is 14.4. The van der Waals surface area contributed by atoms with Gasteiger partial charge >= 0.3 is 6.18 Å². The van der Waals surface area contributed by atoms with Crippen LogP contribution in [-0.4, -0.2) is 47.0 Å². The summed E-state index contributed by atoms with van der Waals surface area (Å²) in [5.41, 5.74) is 0.203. The van der Waals surface area contributed by atoms with E-state index in [9.17, 15) is 18.0 Å². The van der Waals surface area contributed by atoms with Crippen molar-refractivity contribution in [3.05, 3.63) is 65.3 Å².